The predicted molar refractivity (Wildman–Crippen MR) is 92.9 cm³/mol. The minimum Gasteiger partial charge on any atom is -0.481 e. The third kappa shape index (κ3) is 13.2. The normalized spacial score (nSPS) is 13.1. The number of hydrogen-bond donors (Lipinski definition) is 4. The molecule has 0 aromatic carbocycles. The van der Waals surface area contributed by atoms with Gasteiger partial charge in [0.1, 0.15) is 0 Å². The minimum atomic E-state index is -0.925. The smallest absolute Gasteiger partial charge is 0.306 e. The number of hydrogen-bond acceptors (Lipinski definition) is 4. The Morgan fingerprint density at radius 3 is 1.08 bits per heavy atom. The molecule has 0 aromatic rings. The number of aliphatic carboxylic acids is 4. The van der Waals surface area contributed by atoms with Gasteiger partial charge in [-0.3, -0.25) is 19.2 Å². The number of carboxylic acids is 4. The van der Waals surface area contributed by atoms with Crippen LogP contribution in [0.4, 0.5) is 0 Å². The summed E-state index contributed by atoms with van der Waals surface area (Å²) in [6.45, 7) is 0. The van der Waals surface area contributed by atoms with Gasteiger partial charge in [-0.05, 0) is 38.5 Å². The summed E-state index contributed by atoms with van der Waals surface area (Å²) < 4.78 is 0. The zero-order valence-corrected chi connectivity index (χ0v) is 15.1. The van der Waals surface area contributed by atoms with Crippen molar-refractivity contribution in [2.45, 2.75) is 77.0 Å². The lowest BCUT2D eigenvalue weighted by molar-refractivity contribution is -0.143. The van der Waals surface area contributed by atoms with Crippen LogP contribution in [0.25, 0.3) is 0 Å². The molecular formula is C18H30O8. The minimum absolute atomic E-state index is 0.0256. The molecule has 8 heteroatoms. The highest BCUT2D eigenvalue weighted by atomic mass is 16.4. The molecule has 0 bridgehead atoms. The van der Waals surface area contributed by atoms with Gasteiger partial charge in [-0.25, -0.2) is 0 Å². The highest BCUT2D eigenvalue weighted by molar-refractivity contribution is 5.71. The Kier molecular flexibility index (Phi) is 12.9. The van der Waals surface area contributed by atoms with E-state index in [1.54, 1.807) is 0 Å². The van der Waals surface area contributed by atoms with Gasteiger partial charge in [0.15, 0.2) is 0 Å². The second kappa shape index (κ2) is 14.1. The fourth-order valence-electron chi connectivity index (χ4n) is 2.92. The van der Waals surface area contributed by atoms with Gasteiger partial charge in [-0.1, -0.05) is 25.7 Å². The van der Waals surface area contributed by atoms with Crippen molar-refractivity contribution in [3.63, 3.8) is 0 Å². The standard InChI is InChI=1S/C18H30O8/c19-15(20)11-5-9-13(17(23)24)7-3-1-2-4-8-14(18(25)26)10-6-12-16(21)22/h13-14H,1-12H2,(H,19,20)(H,21,22)(H,23,24)(H,25,26). The Morgan fingerprint density at radius 2 is 0.808 bits per heavy atom. The van der Waals surface area contributed by atoms with Gasteiger partial charge in [-0.2, -0.15) is 0 Å². The van der Waals surface area contributed by atoms with E-state index in [0.717, 1.165) is 12.8 Å². The van der Waals surface area contributed by atoms with Crippen LogP contribution in [0, 0.1) is 11.8 Å². The first-order valence-electron chi connectivity index (χ1n) is 9.13. The molecule has 0 spiro atoms. The Hall–Kier alpha value is -2.12. The summed E-state index contributed by atoms with van der Waals surface area (Å²) in [6, 6.07) is 0. The van der Waals surface area contributed by atoms with Crippen LogP contribution in [-0.4, -0.2) is 44.3 Å². The summed E-state index contributed by atoms with van der Waals surface area (Å²) in [5, 5.41) is 35.5. The van der Waals surface area contributed by atoms with Crippen LogP contribution >= 0.6 is 0 Å². The maximum atomic E-state index is 11.2. The number of carbonyl (C=O) groups is 4. The first-order chi connectivity index (χ1) is 12.2. The van der Waals surface area contributed by atoms with Crippen LogP contribution in [0.3, 0.4) is 0 Å². The molecule has 0 saturated carbocycles. The fourth-order valence-corrected chi connectivity index (χ4v) is 2.92. The fraction of sp³-hybridized carbons (Fsp3) is 0.778. The van der Waals surface area contributed by atoms with Crippen molar-refractivity contribution in [3.05, 3.63) is 0 Å². The van der Waals surface area contributed by atoms with Gasteiger partial charge in [0.25, 0.3) is 0 Å². The van der Waals surface area contributed by atoms with E-state index in [0.29, 0.717) is 51.4 Å². The van der Waals surface area contributed by atoms with E-state index < -0.39 is 35.7 Å². The van der Waals surface area contributed by atoms with Crippen molar-refractivity contribution >= 4 is 23.9 Å². The topological polar surface area (TPSA) is 149 Å². The van der Waals surface area contributed by atoms with Gasteiger partial charge < -0.3 is 20.4 Å². The summed E-state index contributed by atoms with van der Waals surface area (Å²) >= 11 is 0. The van der Waals surface area contributed by atoms with Crippen molar-refractivity contribution in [2.75, 3.05) is 0 Å². The van der Waals surface area contributed by atoms with Gasteiger partial charge in [0, 0.05) is 12.8 Å². The molecule has 0 radical (unpaired) electrons. The van der Waals surface area contributed by atoms with E-state index in [1.165, 1.54) is 0 Å². The zero-order valence-electron chi connectivity index (χ0n) is 15.1. The molecule has 4 N–H and O–H groups in total. The van der Waals surface area contributed by atoms with Crippen molar-refractivity contribution < 1.29 is 39.6 Å². The molecule has 26 heavy (non-hydrogen) atoms. The quantitative estimate of drug-likeness (QED) is 0.283. The molecule has 2 unspecified atom stereocenters. The Bertz CT molecular complexity index is 418. The number of rotatable bonds is 17. The molecule has 2 atom stereocenters. The third-order valence-corrected chi connectivity index (χ3v) is 4.44. The summed E-state index contributed by atoms with van der Waals surface area (Å²) in [6.07, 6.45) is 5.36. The van der Waals surface area contributed by atoms with E-state index in [-0.39, 0.29) is 12.8 Å². The molecule has 0 heterocycles. The van der Waals surface area contributed by atoms with Crippen LogP contribution in [0.1, 0.15) is 77.0 Å². The lowest BCUT2D eigenvalue weighted by atomic mass is 9.93. The van der Waals surface area contributed by atoms with Crippen LogP contribution in [0.2, 0.25) is 0 Å². The van der Waals surface area contributed by atoms with Crippen molar-refractivity contribution in [1.29, 1.82) is 0 Å². The van der Waals surface area contributed by atoms with Gasteiger partial charge in [0.2, 0.25) is 0 Å². The number of unbranched alkanes of at least 4 members (excludes halogenated alkanes) is 3. The molecule has 0 saturated heterocycles. The Morgan fingerprint density at radius 1 is 0.500 bits per heavy atom. The molecule has 0 fully saturated rings. The largest absolute Gasteiger partial charge is 0.481 e. The van der Waals surface area contributed by atoms with Gasteiger partial charge in [-0.15, -0.1) is 0 Å². The van der Waals surface area contributed by atoms with Crippen LogP contribution < -0.4 is 0 Å². The summed E-state index contributed by atoms with van der Waals surface area (Å²) in [5.41, 5.74) is 0. The summed E-state index contributed by atoms with van der Waals surface area (Å²) in [5.74, 6) is -4.72. The third-order valence-electron chi connectivity index (χ3n) is 4.44. The number of carboxylic acid groups (broad SMARTS) is 4. The summed E-state index contributed by atoms with van der Waals surface area (Å²) in [4.78, 5) is 43.2. The predicted octanol–water partition coefficient (Wildman–Crippen LogP) is 3.24. The Labute approximate surface area is 153 Å². The maximum Gasteiger partial charge on any atom is 0.306 e. The highest BCUT2D eigenvalue weighted by Crippen LogP contribution is 2.20. The van der Waals surface area contributed by atoms with Crippen LogP contribution in [0.5, 0.6) is 0 Å². The first kappa shape index (κ1) is 23.9. The lowest BCUT2D eigenvalue weighted by Gasteiger charge is -2.13. The van der Waals surface area contributed by atoms with E-state index in [9.17, 15) is 19.2 Å². The molecule has 150 valence electrons. The second-order valence-corrected chi connectivity index (χ2v) is 6.63. The van der Waals surface area contributed by atoms with Crippen molar-refractivity contribution in [2.24, 2.45) is 11.8 Å². The SMILES string of the molecule is O=C(O)CCCC(CCCCCCC(CCCC(=O)O)C(=O)O)C(=O)O. The van der Waals surface area contributed by atoms with E-state index in [2.05, 4.69) is 0 Å². The lowest BCUT2D eigenvalue weighted by Crippen LogP contribution is -2.15. The average molecular weight is 374 g/mol. The Balaban J connectivity index is 3.92. The molecule has 0 aliphatic rings. The molecule has 0 rings (SSSR count). The maximum absolute atomic E-state index is 11.2. The van der Waals surface area contributed by atoms with Crippen molar-refractivity contribution in [1.82, 2.24) is 0 Å². The molecule has 0 aliphatic heterocycles. The molecule has 0 amide bonds. The summed E-state index contributed by atoms with van der Waals surface area (Å²) in [7, 11) is 0. The average Bonchev–Trinajstić information content (AvgIpc) is 2.53. The second-order valence-electron chi connectivity index (χ2n) is 6.63. The van der Waals surface area contributed by atoms with E-state index in [1.807, 2.05) is 0 Å². The highest BCUT2D eigenvalue weighted by Gasteiger charge is 2.18. The van der Waals surface area contributed by atoms with E-state index >= 15 is 0 Å². The van der Waals surface area contributed by atoms with Gasteiger partial charge in [0.05, 0.1) is 11.8 Å². The van der Waals surface area contributed by atoms with Crippen molar-refractivity contribution in [3.8, 4) is 0 Å². The molecule has 8 nitrogen and oxygen atoms in total. The molecule has 0 aliphatic carbocycles. The van der Waals surface area contributed by atoms with Crippen LogP contribution in [0.15, 0.2) is 0 Å². The first-order valence-corrected chi connectivity index (χ1v) is 9.13. The molecular weight excluding hydrogens is 344 g/mol. The van der Waals surface area contributed by atoms with Gasteiger partial charge >= 0.3 is 23.9 Å². The molecule has 0 aromatic heterocycles. The van der Waals surface area contributed by atoms with Crippen LogP contribution in [-0.2, 0) is 19.2 Å². The van der Waals surface area contributed by atoms with E-state index in [4.69, 9.17) is 20.4 Å². The zero-order chi connectivity index (χ0) is 19.9. The monoisotopic (exact) mass is 374 g/mol.